The lowest BCUT2D eigenvalue weighted by molar-refractivity contribution is -0.118. The zero-order valence-electron chi connectivity index (χ0n) is 15.0. The van der Waals surface area contributed by atoms with E-state index in [1.54, 1.807) is 18.2 Å². The topological polar surface area (TPSA) is 67.4 Å². The summed E-state index contributed by atoms with van der Waals surface area (Å²) < 4.78 is 5.43. The highest BCUT2D eigenvalue weighted by atomic mass is 16.5. The maximum atomic E-state index is 12.0. The number of carbonyl (C=O) groups excluding carboxylic acids is 1. The molecule has 6 nitrogen and oxygen atoms in total. The molecule has 1 aliphatic rings. The molecule has 1 aliphatic heterocycles. The minimum Gasteiger partial charge on any atom is -0.484 e. The van der Waals surface area contributed by atoms with Gasteiger partial charge >= 0.3 is 0 Å². The number of para-hydroxylation sites is 2. The van der Waals surface area contributed by atoms with Crippen LogP contribution in [0.5, 0.6) is 5.75 Å². The molecule has 3 aromatic rings. The number of hydrogen-bond donors (Lipinski definition) is 1. The fraction of sp³-hybridized carbons (Fsp3) is 0.190. The van der Waals surface area contributed by atoms with Gasteiger partial charge in [-0.3, -0.25) is 4.79 Å². The number of carbonyl (C=O) groups is 1. The van der Waals surface area contributed by atoms with Gasteiger partial charge in [0, 0.05) is 11.7 Å². The summed E-state index contributed by atoms with van der Waals surface area (Å²) in [6.07, 6.45) is 0.979. The number of fused-ring (bicyclic) bond motifs is 1. The Hall–Kier alpha value is -3.41. The van der Waals surface area contributed by atoms with E-state index in [-0.39, 0.29) is 12.5 Å². The van der Waals surface area contributed by atoms with Crippen LogP contribution in [-0.4, -0.2) is 28.8 Å². The molecule has 4 rings (SSSR count). The van der Waals surface area contributed by atoms with Crippen LogP contribution in [-0.2, 0) is 11.2 Å². The third kappa shape index (κ3) is 3.74. The Morgan fingerprint density at radius 2 is 1.85 bits per heavy atom. The van der Waals surface area contributed by atoms with Crippen molar-refractivity contribution in [2.75, 3.05) is 16.8 Å². The first-order chi connectivity index (χ1) is 13.2. The highest BCUT2D eigenvalue weighted by molar-refractivity contribution is 5.91. The van der Waals surface area contributed by atoms with Crippen LogP contribution in [0.15, 0.2) is 66.7 Å². The van der Waals surface area contributed by atoms with Crippen LogP contribution in [0, 0.1) is 0 Å². The van der Waals surface area contributed by atoms with Gasteiger partial charge in [0.1, 0.15) is 5.75 Å². The standard InChI is InChI=1S/C21H20N4O2/c1-15-13-16-7-5-6-10-18(16)25(15)20-12-11-19(23-24-20)22-21(26)14-27-17-8-3-2-4-9-17/h2-12,15H,13-14H2,1H3,(H,22,23,26). The van der Waals surface area contributed by atoms with Crippen molar-refractivity contribution in [3.8, 4) is 5.75 Å². The van der Waals surface area contributed by atoms with Crippen molar-refractivity contribution in [2.24, 2.45) is 0 Å². The third-order valence-corrected chi connectivity index (χ3v) is 4.49. The van der Waals surface area contributed by atoms with E-state index in [0.29, 0.717) is 17.6 Å². The molecule has 0 saturated carbocycles. The molecule has 136 valence electrons. The lowest BCUT2D eigenvalue weighted by atomic mass is 10.1. The van der Waals surface area contributed by atoms with Crippen molar-refractivity contribution < 1.29 is 9.53 Å². The Morgan fingerprint density at radius 3 is 2.63 bits per heavy atom. The number of ether oxygens (including phenoxy) is 1. The van der Waals surface area contributed by atoms with E-state index < -0.39 is 0 Å². The number of hydrogen-bond acceptors (Lipinski definition) is 5. The molecule has 1 atom stereocenters. The quantitative estimate of drug-likeness (QED) is 0.753. The Kier molecular flexibility index (Phi) is 4.70. The summed E-state index contributed by atoms with van der Waals surface area (Å²) in [5.74, 6) is 1.54. The van der Waals surface area contributed by atoms with Gasteiger partial charge < -0.3 is 15.0 Å². The van der Waals surface area contributed by atoms with Crippen LogP contribution in [0.1, 0.15) is 12.5 Å². The van der Waals surface area contributed by atoms with Crippen molar-refractivity contribution in [1.82, 2.24) is 10.2 Å². The molecule has 2 heterocycles. The first-order valence-corrected chi connectivity index (χ1v) is 8.89. The summed E-state index contributed by atoms with van der Waals surface area (Å²) in [5.41, 5.74) is 2.47. The lowest BCUT2D eigenvalue weighted by Crippen LogP contribution is -2.25. The van der Waals surface area contributed by atoms with Gasteiger partial charge in [-0.2, -0.15) is 0 Å². The monoisotopic (exact) mass is 360 g/mol. The summed E-state index contributed by atoms with van der Waals surface area (Å²) in [6.45, 7) is 2.09. The van der Waals surface area contributed by atoms with Gasteiger partial charge in [-0.15, -0.1) is 10.2 Å². The van der Waals surface area contributed by atoms with Crippen molar-refractivity contribution in [2.45, 2.75) is 19.4 Å². The molecule has 2 aromatic carbocycles. The highest BCUT2D eigenvalue weighted by Crippen LogP contribution is 2.36. The number of nitrogens with zero attached hydrogens (tertiary/aromatic N) is 3. The van der Waals surface area contributed by atoms with E-state index in [2.05, 4.69) is 45.5 Å². The first-order valence-electron chi connectivity index (χ1n) is 8.89. The number of anilines is 3. The van der Waals surface area contributed by atoms with Gasteiger partial charge in [-0.25, -0.2) is 0 Å². The maximum Gasteiger partial charge on any atom is 0.263 e. The minimum absolute atomic E-state index is 0.0794. The summed E-state index contributed by atoms with van der Waals surface area (Å²) >= 11 is 0. The van der Waals surface area contributed by atoms with E-state index in [1.165, 1.54) is 5.56 Å². The summed E-state index contributed by atoms with van der Waals surface area (Å²) in [6, 6.07) is 21.5. The Labute approximate surface area is 157 Å². The molecule has 0 fully saturated rings. The van der Waals surface area contributed by atoms with Crippen LogP contribution in [0.4, 0.5) is 17.3 Å². The number of amides is 1. The molecule has 1 aromatic heterocycles. The van der Waals surface area contributed by atoms with Gasteiger partial charge in [0.2, 0.25) is 0 Å². The molecular formula is C21H20N4O2. The van der Waals surface area contributed by atoms with Gasteiger partial charge in [-0.05, 0) is 49.2 Å². The first kappa shape index (κ1) is 17.0. The minimum atomic E-state index is -0.277. The van der Waals surface area contributed by atoms with Crippen molar-refractivity contribution in [3.05, 3.63) is 72.3 Å². The van der Waals surface area contributed by atoms with Crippen LogP contribution < -0.4 is 15.0 Å². The second-order valence-corrected chi connectivity index (χ2v) is 6.48. The average molecular weight is 360 g/mol. The molecule has 0 saturated heterocycles. The predicted octanol–water partition coefficient (Wildman–Crippen LogP) is 3.58. The number of rotatable bonds is 5. The maximum absolute atomic E-state index is 12.0. The molecule has 1 amide bonds. The van der Waals surface area contributed by atoms with Gasteiger partial charge in [0.05, 0.1) is 0 Å². The highest BCUT2D eigenvalue weighted by Gasteiger charge is 2.27. The molecule has 6 heteroatoms. The second-order valence-electron chi connectivity index (χ2n) is 6.48. The normalized spacial score (nSPS) is 15.3. The smallest absolute Gasteiger partial charge is 0.263 e. The van der Waals surface area contributed by atoms with Crippen LogP contribution in [0.25, 0.3) is 0 Å². The molecule has 0 spiro atoms. The SMILES string of the molecule is CC1Cc2ccccc2N1c1ccc(NC(=O)COc2ccccc2)nn1. The van der Waals surface area contributed by atoms with Gasteiger partial charge in [-0.1, -0.05) is 36.4 Å². The molecule has 0 aliphatic carbocycles. The van der Waals surface area contributed by atoms with Crippen molar-refractivity contribution in [1.29, 1.82) is 0 Å². The van der Waals surface area contributed by atoms with Crippen LogP contribution in [0.3, 0.4) is 0 Å². The van der Waals surface area contributed by atoms with E-state index >= 15 is 0 Å². The van der Waals surface area contributed by atoms with E-state index in [9.17, 15) is 4.79 Å². The Bertz CT molecular complexity index is 928. The predicted molar refractivity (Wildman–Crippen MR) is 104 cm³/mol. The number of nitrogens with one attached hydrogen (secondary N) is 1. The summed E-state index contributed by atoms with van der Waals surface area (Å²) in [7, 11) is 0. The summed E-state index contributed by atoms with van der Waals surface area (Å²) in [5, 5.41) is 11.2. The lowest BCUT2D eigenvalue weighted by Gasteiger charge is -2.23. The largest absolute Gasteiger partial charge is 0.484 e. The van der Waals surface area contributed by atoms with E-state index in [4.69, 9.17) is 4.74 Å². The summed E-state index contributed by atoms with van der Waals surface area (Å²) in [4.78, 5) is 14.2. The molecule has 0 bridgehead atoms. The van der Waals surface area contributed by atoms with Gasteiger partial charge in [0.25, 0.3) is 5.91 Å². The average Bonchev–Trinajstić information content (AvgIpc) is 3.04. The van der Waals surface area contributed by atoms with E-state index in [0.717, 1.165) is 17.9 Å². The fourth-order valence-corrected chi connectivity index (χ4v) is 3.28. The molecule has 1 unspecified atom stereocenters. The van der Waals surface area contributed by atoms with Crippen molar-refractivity contribution in [3.63, 3.8) is 0 Å². The van der Waals surface area contributed by atoms with Crippen LogP contribution >= 0.6 is 0 Å². The number of aromatic nitrogens is 2. The fourth-order valence-electron chi connectivity index (χ4n) is 3.28. The van der Waals surface area contributed by atoms with Crippen LogP contribution in [0.2, 0.25) is 0 Å². The zero-order valence-corrected chi connectivity index (χ0v) is 15.0. The Balaban J connectivity index is 1.40. The third-order valence-electron chi connectivity index (χ3n) is 4.49. The molecular weight excluding hydrogens is 340 g/mol. The molecule has 0 radical (unpaired) electrons. The second kappa shape index (κ2) is 7.45. The zero-order chi connectivity index (χ0) is 18.6. The number of benzene rings is 2. The Morgan fingerprint density at radius 1 is 1.07 bits per heavy atom. The molecule has 1 N–H and O–H groups in total. The molecule has 27 heavy (non-hydrogen) atoms. The van der Waals surface area contributed by atoms with Gasteiger partial charge in [0.15, 0.2) is 18.2 Å². The van der Waals surface area contributed by atoms with E-state index in [1.807, 2.05) is 30.3 Å². The van der Waals surface area contributed by atoms with Crippen molar-refractivity contribution >= 4 is 23.2 Å².